The van der Waals surface area contributed by atoms with Crippen molar-refractivity contribution in [2.75, 3.05) is 13.2 Å². The Morgan fingerprint density at radius 2 is 1.15 bits per heavy atom. The van der Waals surface area contributed by atoms with Crippen LogP contribution in [0.5, 0.6) is 0 Å². The lowest BCUT2D eigenvalue weighted by molar-refractivity contribution is -0.750. The second kappa shape index (κ2) is 4.32. The fourth-order valence-electron chi connectivity index (χ4n) is 1.59. The van der Waals surface area contributed by atoms with E-state index in [0.717, 1.165) is 0 Å². The summed E-state index contributed by atoms with van der Waals surface area (Å²) < 4.78 is 0. The van der Waals surface area contributed by atoms with E-state index in [2.05, 4.69) is 0 Å². The molecule has 0 aromatic carbocycles. The molecule has 1 heterocycles. The van der Waals surface area contributed by atoms with E-state index < -0.39 is 30.4 Å². The van der Waals surface area contributed by atoms with Crippen LogP contribution in [0.2, 0.25) is 0 Å². The summed E-state index contributed by atoms with van der Waals surface area (Å²) in [6, 6.07) is -1.17. The Bertz CT molecular complexity index is 147. The first-order valence-corrected chi connectivity index (χ1v) is 4.22. The number of piperidine rings is 1. The van der Waals surface area contributed by atoms with E-state index in [1.165, 1.54) is 5.32 Å². The predicted molar refractivity (Wildman–Crippen MR) is 41.7 cm³/mol. The first kappa shape index (κ1) is 10.8. The van der Waals surface area contributed by atoms with Gasteiger partial charge in [-0.1, -0.05) is 0 Å². The average molecular weight is 194 g/mol. The van der Waals surface area contributed by atoms with Gasteiger partial charge in [-0.3, -0.25) is 0 Å². The first-order chi connectivity index (χ1) is 6.11. The van der Waals surface area contributed by atoms with Crippen molar-refractivity contribution in [3.8, 4) is 0 Å². The number of quaternary nitrogens is 1. The second-order valence-electron chi connectivity index (χ2n) is 3.36. The SMILES string of the molecule is OC[C@@H]1[NH2+][C@@H](CO)[C@H](O)C(O)[C@H]1O. The van der Waals surface area contributed by atoms with Gasteiger partial charge < -0.3 is 30.8 Å². The summed E-state index contributed by atoms with van der Waals surface area (Å²) in [4.78, 5) is 0. The minimum atomic E-state index is -1.31. The zero-order valence-electron chi connectivity index (χ0n) is 7.11. The van der Waals surface area contributed by atoms with Crippen LogP contribution in [0.25, 0.3) is 0 Å². The summed E-state index contributed by atoms with van der Waals surface area (Å²) in [5.74, 6) is 0. The van der Waals surface area contributed by atoms with Gasteiger partial charge in [0.1, 0.15) is 30.4 Å². The van der Waals surface area contributed by atoms with Crippen LogP contribution in [0.1, 0.15) is 0 Å². The summed E-state index contributed by atoms with van der Waals surface area (Å²) in [5.41, 5.74) is 0. The molecule has 6 heteroatoms. The Hall–Kier alpha value is -0.240. The van der Waals surface area contributed by atoms with Crippen LogP contribution in [0.15, 0.2) is 0 Å². The molecule has 0 radical (unpaired) electrons. The molecule has 0 aromatic rings. The molecule has 0 aromatic heterocycles. The largest absolute Gasteiger partial charge is 0.390 e. The predicted octanol–water partition coefficient (Wildman–Crippen LogP) is -4.63. The van der Waals surface area contributed by atoms with Gasteiger partial charge in [0.05, 0.1) is 13.2 Å². The van der Waals surface area contributed by atoms with Crippen LogP contribution >= 0.6 is 0 Å². The second-order valence-corrected chi connectivity index (χ2v) is 3.36. The quantitative estimate of drug-likeness (QED) is 0.264. The van der Waals surface area contributed by atoms with Crippen LogP contribution < -0.4 is 5.32 Å². The van der Waals surface area contributed by atoms with E-state index in [9.17, 15) is 15.3 Å². The first-order valence-electron chi connectivity index (χ1n) is 4.22. The lowest BCUT2D eigenvalue weighted by Gasteiger charge is -2.37. The van der Waals surface area contributed by atoms with Gasteiger partial charge in [-0.05, 0) is 0 Å². The molecule has 0 saturated carbocycles. The number of aliphatic hydroxyl groups is 5. The standard InChI is InChI=1S/C7H15NO5/c9-1-3-5(11)7(13)6(12)4(2-10)8-3/h3-13H,1-2H2/p+1/t3-,4-,5-,6-/m0/s1. The van der Waals surface area contributed by atoms with Crippen LogP contribution in [-0.2, 0) is 0 Å². The number of nitrogens with two attached hydrogens (primary N) is 1. The third-order valence-corrected chi connectivity index (χ3v) is 2.49. The molecule has 0 spiro atoms. The third-order valence-electron chi connectivity index (χ3n) is 2.49. The maximum atomic E-state index is 9.34. The van der Waals surface area contributed by atoms with Crippen molar-refractivity contribution in [2.45, 2.75) is 30.4 Å². The lowest BCUT2D eigenvalue weighted by Crippen LogP contribution is -3.04. The Morgan fingerprint density at radius 3 is 1.46 bits per heavy atom. The number of hydrogen-bond acceptors (Lipinski definition) is 5. The Morgan fingerprint density at radius 1 is 0.769 bits per heavy atom. The fraction of sp³-hybridized carbons (Fsp3) is 1.00. The molecule has 4 atom stereocenters. The maximum Gasteiger partial charge on any atom is 0.138 e. The van der Waals surface area contributed by atoms with Gasteiger partial charge in [0.15, 0.2) is 0 Å². The number of hydrogen-bond donors (Lipinski definition) is 6. The molecule has 6 nitrogen and oxygen atoms in total. The monoisotopic (exact) mass is 194 g/mol. The zero-order valence-corrected chi connectivity index (χ0v) is 7.11. The van der Waals surface area contributed by atoms with E-state index in [-0.39, 0.29) is 13.2 Å². The van der Waals surface area contributed by atoms with Gasteiger partial charge in [0, 0.05) is 0 Å². The van der Waals surface area contributed by atoms with Crippen molar-refractivity contribution in [3.05, 3.63) is 0 Å². The van der Waals surface area contributed by atoms with Crippen molar-refractivity contribution in [1.29, 1.82) is 0 Å². The van der Waals surface area contributed by atoms with Gasteiger partial charge >= 0.3 is 0 Å². The number of aliphatic hydroxyl groups excluding tert-OH is 5. The van der Waals surface area contributed by atoms with Crippen molar-refractivity contribution >= 4 is 0 Å². The molecule has 13 heavy (non-hydrogen) atoms. The normalized spacial score (nSPS) is 46.4. The van der Waals surface area contributed by atoms with E-state index in [0.29, 0.717) is 0 Å². The smallest absolute Gasteiger partial charge is 0.138 e. The zero-order chi connectivity index (χ0) is 10.0. The van der Waals surface area contributed by atoms with Gasteiger partial charge in [0.25, 0.3) is 0 Å². The summed E-state index contributed by atoms with van der Waals surface area (Å²) >= 11 is 0. The molecule has 0 amide bonds. The van der Waals surface area contributed by atoms with Gasteiger partial charge in [0.2, 0.25) is 0 Å². The van der Waals surface area contributed by atoms with Crippen molar-refractivity contribution in [1.82, 2.24) is 0 Å². The molecular weight excluding hydrogens is 178 g/mol. The fourth-order valence-corrected chi connectivity index (χ4v) is 1.59. The van der Waals surface area contributed by atoms with Gasteiger partial charge in [-0.15, -0.1) is 0 Å². The molecule has 1 rings (SSSR count). The number of rotatable bonds is 2. The van der Waals surface area contributed by atoms with Crippen LogP contribution in [-0.4, -0.2) is 69.1 Å². The molecular formula is C7H16NO5+. The lowest BCUT2D eigenvalue weighted by atomic mass is 9.91. The highest BCUT2D eigenvalue weighted by atomic mass is 16.4. The van der Waals surface area contributed by atoms with Crippen LogP contribution in [0, 0.1) is 0 Å². The third kappa shape index (κ3) is 1.98. The van der Waals surface area contributed by atoms with Gasteiger partial charge in [-0.2, -0.15) is 0 Å². The average Bonchev–Trinajstić information content (AvgIpc) is 2.15. The van der Waals surface area contributed by atoms with E-state index in [1.807, 2.05) is 0 Å². The molecule has 1 aliphatic heterocycles. The Balaban J connectivity index is 2.66. The molecule has 0 bridgehead atoms. The Labute approximate surface area is 75.4 Å². The van der Waals surface area contributed by atoms with E-state index in [1.54, 1.807) is 0 Å². The van der Waals surface area contributed by atoms with Crippen molar-refractivity contribution in [2.24, 2.45) is 0 Å². The Kier molecular flexibility index (Phi) is 3.60. The van der Waals surface area contributed by atoms with Crippen molar-refractivity contribution < 1.29 is 30.8 Å². The molecule has 1 aliphatic rings. The molecule has 0 aliphatic carbocycles. The van der Waals surface area contributed by atoms with Crippen molar-refractivity contribution in [3.63, 3.8) is 0 Å². The summed E-state index contributed by atoms with van der Waals surface area (Å²) in [6.07, 6.45) is -3.63. The topological polar surface area (TPSA) is 118 Å². The minimum Gasteiger partial charge on any atom is -0.390 e. The highest BCUT2D eigenvalue weighted by Gasteiger charge is 2.45. The van der Waals surface area contributed by atoms with Crippen LogP contribution in [0.4, 0.5) is 0 Å². The maximum absolute atomic E-state index is 9.34. The summed E-state index contributed by atoms with van der Waals surface area (Å²) in [5, 5.41) is 47.1. The van der Waals surface area contributed by atoms with E-state index >= 15 is 0 Å². The molecule has 1 fully saturated rings. The summed E-state index contributed by atoms with van der Waals surface area (Å²) in [7, 11) is 0. The van der Waals surface area contributed by atoms with E-state index in [4.69, 9.17) is 10.2 Å². The molecule has 7 N–H and O–H groups in total. The molecule has 78 valence electrons. The van der Waals surface area contributed by atoms with Gasteiger partial charge in [-0.25, -0.2) is 0 Å². The summed E-state index contributed by atoms with van der Waals surface area (Å²) in [6.45, 7) is -0.608. The van der Waals surface area contributed by atoms with Crippen LogP contribution in [0.3, 0.4) is 0 Å². The highest BCUT2D eigenvalue weighted by Crippen LogP contribution is 2.09. The highest BCUT2D eigenvalue weighted by molar-refractivity contribution is 4.88. The molecule has 1 saturated heterocycles. The molecule has 0 unspecified atom stereocenters. The minimum absolute atomic E-state index is 0.304.